The Morgan fingerprint density at radius 1 is 1.11 bits per heavy atom. The van der Waals surface area contributed by atoms with Crippen molar-refractivity contribution in [3.63, 3.8) is 0 Å². The van der Waals surface area contributed by atoms with Crippen molar-refractivity contribution >= 4 is 39.2 Å². The van der Waals surface area contributed by atoms with Crippen LogP contribution in [0.5, 0.6) is 0 Å². The standard InChI is InChI=1S/C33H34F3N5O3/c1-19(2)24-13-21-7-8-23(32(44)41(18-33(34,35)36)17-27(21)26-16-37-39-30(24)26)15-29(42)40-11-9-20(10-12-40)25-14-22-5-3-4-6-28(22)38-31(25)43/h3-6,13-14,16,20,23H,1,7-12,15,17-18H2,2H3,(H,37,39)(H,38,43)/t23-/m0/s1. The van der Waals surface area contributed by atoms with E-state index in [1.807, 2.05) is 43.3 Å². The van der Waals surface area contributed by atoms with Crippen LogP contribution in [0.15, 0.2) is 54.0 Å². The summed E-state index contributed by atoms with van der Waals surface area (Å²) in [5, 5.41) is 8.64. The number of piperidine rings is 1. The third-order valence-electron chi connectivity index (χ3n) is 9.03. The third kappa shape index (κ3) is 5.87. The second-order valence-corrected chi connectivity index (χ2v) is 12.0. The number of hydrogen-bond acceptors (Lipinski definition) is 4. The predicted octanol–water partition coefficient (Wildman–Crippen LogP) is 5.69. The van der Waals surface area contributed by atoms with Gasteiger partial charge < -0.3 is 14.8 Å². The number of para-hydroxylation sites is 1. The smallest absolute Gasteiger partial charge is 0.343 e. The zero-order chi connectivity index (χ0) is 31.2. The first-order valence-corrected chi connectivity index (χ1v) is 14.9. The highest BCUT2D eigenvalue weighted by atomic mass is 19.4. The molecule has 0 unspecified atom stereocenters. The molecular weight excluding hydrogens is 571 g/mol. The average Bonchev–Trinajstić information content (AvgIpc) is 3.47. The Hall–Kier alpha value is -4.41. The van der Waals surface area contributed by atoms with Gasteiger partial charge in [-0.3, -0.25) is 19.5 Å². The number of H-pyrrole nitrogens is 2. The number of nitrogens with one attached hydrogen (secondary N) is 2. The summed E-state index contributed by atoms with van der Waals surface area (Å²) in [5.74, 6) is -1.82. The molecule has 0 aliphatic carbocycles. The molecule has 8 nitrogen and oxygen atoms in total. The van der Waals surface area contributed by atoms with E-state index in [2.05, 4.69) is 21.8 Å². The van der Waals surface area contributed by atoms with E-state index in [-0.39, 0.29) is 36.8 Å². The maximum absolute atomic E-state index is 13.7. The van der Waals surface area contributed by atoms with Crippen molar-refractivity contribution in [3.05, 3.63) is 81.8 Å². The van der Waals surface area contributed by atoms with E-state index in [0.717, 1.165) is 32.5 Å². The minimum atomic E-state index is -4.60. The molecule has 4 heterocycles. The number of amides is 2. The molecule has 230 valence electrons. The zero-order valence-corrected chi connectivity index (χ0v) is 24.5. The number of carbonyl (C=O) groups is 2. The van der Waals surface area contributed by atoms with Gasteiger partial charge in [-0.15, -0.1) is 0 Å². The van der Waals surface area contributed by atoms with Crippen LogP contribution in [0.25, 0.3) is 27.4 Å². The van der Waals surface area contributed by atoms with Crippen LogP contribution in [-0.2, 0) is 22.6 Å². The summed E-state index contributed by atoms with van der Waals surface area (Å²) in [6.45, 7) is 5.08. The quantitative estimate of drug-likeness (QED) is 0.305. The molecule has 11 heteroatoms. The predicted molar refractivity (Wildman–Crippen MR) is 162 cm³/mol. The van der Waals surface area contributed by atoms with Crippen molar-refractivity contribution < 1.29 is 22.8 Å². The lowest BCUT2D eigenvalue weighted by atomic mass is 9.86. The highest BCUT2D eigenvalue weighted by molar-refractivity contribution is 5.94. The largest absolute Gasteiger partial charge is 0.406 e. The number of halogens is 3. The van der Waals surface area contributed by atoms with Gasteiger partial charge >= 0.3 is 6.18 Å². The Balaban J connectivity index is 1.20. The number of pyridine rings is 1. The van der Waals surface area contributed by atoms with E-state index in [4.69, 9.17) is 0 Å². The number of likely N-dealkylation sites (tertiary alicyclic amines) is 1. The number of allylic oxidation sites excluding steroid dienone is 1. The van der Waals surface area contributed by atoms with Gasteiger partial charge in [-0.2, -0.15) is 18.3 Å². The van der Waals surface area contributed by atoms with Crippen molar-refractivity contribution in [2.24, 2.45) is 5.92 Å². The van der Waals surface area contributed by atoms with Crippen molar-refractivity contribution in [3.8, 4) is 0 Å². The van der Waals surface area contributed by atoms with Gasteiger partial charge in [0.15, 0.2) is 0 Å². The van der Waals surface area contributed by atoms with Crippen molar-refractivity contribution in [1.82, 2.24) is 25.0 Å². The van der Waals surface area contributed by atoms with Gasteiger partial charge in [0.2, 0.25) is 11.8 Å². The fourth-order valence-electron chi connectivity index (χ4n) is 6.74. The molecule has 2 aromatic heterocycles. The molecule has 1 saturated heterocycles. The first-order valence-electron chi connectivity index (χ1n) is 14.9. The lowest BCUT2D eigenvalue weighted by molar-refractivity contribution is -0.166. The molecule has 2 N–H and O–H groups in total. The Morgan fingerprint density at radius 2 is 1.86 bits per heavy atom. The zero-order valence-electron chi connectivity index (χ0n) is 24.5. The number of carbonyl (C=O) groups excluding carboxylic acids is 2. The van der Waals surface area contributed by atoms with Gasteiger partial charge in [0.1, 0.15) is 6.54 Å². The van der Waals surface area contributed by atoms with Gasteiger partial charge in [0.05, 0.1) is 11.7 Å². The molecule has 1 fully saturated rings. The van der Waals surface area contributed by atoms with Gasteiger partial charge in [0, 0.05) is 54.0 Å². The van der Waals surface area contributed by atoms with Crippen LogP contribution in [0.2, 0.25) is 0 Å². The molecule has 1 atom stereocenters. The van der Waals surface area contributed by atoms with E-state index < -0.39 is 24.5 Å². The topological polar surface area (TPSA) is 102 Å². The van der Waals surface area contributed by atoms with Crippen LogP contribution in [0, 0.1) is 5.92 Å². The molecule has 2 aromatic carbocycles. The maximum atomic E-state index is 13.7. The molecule has 44 heavy (non-hydrogen) atoms. The Bertz CT molecular complexity index is 1820. The summed E-state index contributed by atoms with van der Waals surface area (Å²) in [7, 11) is 0. The van der Waals surface area contributed by atoms with E-state index in [1.54, 1.807) is 11.1 Å². The second-order valence-electron chi connectivity index (χ2n) is 12.0. The van der Waals surface area contributed by atoms with E-state index >= 15 is 0 Å². The fourth-order valence-corrected chi connectivity index (χ4v) is 6.74. The second kappa shape index (κ2) is 11.6. The molecular formula is C33H34F3N5O3. The maximum Gasteiger partial charge on any atom is 0.406 e. The van der Waals surface area contributed by atoms with Crippen molar-refractivity contribution in [1.29, 1.82) is 0 Å². The number of aromatic nitrogens is 3. The normalized spacial score (nSPS) is 18.4. The fraction of sp³-hybridized carbons (Fsp3) is 0.394. The Morgan fingerprint density at radius 3 is 2.59 bits per heavy atom. The summed E-state index contributed by atoms with van der Waals surface area (Å²) in [6, 6.07) is 11.4. The summed E-state index contributed by atoms with van der Waals surface area (Å²) in [4.78, 5) is 45.3. The molecule has 0 bridgehead atoms. The molecule has 2 amide bonds. The number of rotatable bonds is 5. The molecule has 6 rings (SSSR count). The lowest BCUT2D eigenvalue weighted by Gasteiger charge is -2.35. The summed E-state index contributed by atoms with van der Waals surface area (Å²) >= 11 is 0. The van der Waals surface area contributed by atoms with Crippen LogP contribution in [0.3, 0.4) is 0 Å². The van der Waals surface area contributed by atoms with Crippen molar-refractivity contribution in [2.75, 3.05) is 19.6 Å². The van der Waals surface area contributed by atoms with Crippen molar-refractivity contribution in [2.45, 2.75) is 57.7 Å². The monoisotopic (exact) mass is 605 g/mol. The third-order valence-corrected chi connectivity index (χ3v) is 9.03. The minimum Gasteiger partial charge on any atom is -0.343 e. The summed E-state index contributed by atoms with van der Waals surface area (Å²) in [6.07, 6.45) is -1.33. The van der Waals surface area contributed by atoms with Crippen LogP contribution < -0.4 is 5.56 Å². The average molecular weight is 606 g/mol. The summed E-state index contributed by atoms with van der Waals surface area (Å²) < 4.78 is 41.1. The highest BCUT2D eigenvalue weighted by Gasteiger charge is 2.38. The molecule has 2 aliphatic rings. The number of nitrogens with zero attached hydrogens (tertiary/aromatic N) is 3. The lowest BCUT2D eigenvalue weighted by Crippen LogP contribution is -2.45. The van der Waals surface area contributed by atoms with Gasteiger partial charge in [-0.05, 0) is 78.8 Å². The SMILES string of the molecule is C=C(C)c1cc2c(c3cn[nH]c13)CN(CC(F)(F)F)C(=O)[C@H](CC(=O)N1CCC(c3cc4ccccc4[nH]c3=O)CC1)CC2. The van der Waals surface area contributed by atoms with Crippen LogP contribution >= 0.6 is 0 Å². The van der Waals surface area contributed by atoms with Gasteiger partial charge in [-0.25, -0.2) is 0 Å². The molecule has 4 aromatic rings. The number of fused-ring (bicyclic) bond motifs is 4. The van der Waals surface area contributed by atoms with Gasteiger partial charge in [0.25, 0.3) is 5.56 Å². The minimum absolute atomic E-state index is 0.0171. The first kappa shape index (κ1) is 29.7. The van der Waals surface area contributed by atoms with E-state index in [1.165, 1.54) is 0 Å². The summed E-state index contributed by atoms with van der Waals surface area (Å²) in [5.41, 5.74) is 5.07. The highest BCUT2D eigenvalue weighted by Crippen LogP contribution is 2.35. The molecule has 0 radical (unpaired) electrons. The van der Waals surface area contributed by atoms with Crippen LogP contribution in [0.1, 0.15) is 60.8 Å². The first-order chi connectivity index (χ1) is 21.0. The number of alkyl halides is 3. The van der Waals surface area contributed by atoms with Gasteiger partial charge in [-0.1, -0.05) is 24.8 Å². The molecule has 0 saturated carbocycles. The number of hydrogen-bond donors (Lipinski definition) is 2. The number of aryl methyl sites for hydroxylation is 1. The molecule has 2 aliphatic heterocycles. The Kier molecular flexibility index (Phi) is 7.81. The van der Waals surface area contributed by atoms with Crippen LogP contribution in [-0.4, -0.2) is 62.6 Å². The molecule has 0 spiro atoms. The van der Waals surface area contributed by atoms with E-state index in [9.17, 15) is 27.6 Å². The van der Waals surface area contributed by atoms with Crippen LogP contribution in [0.4, 0.5) is 13.2 Å². The Labute approximate surface area is 251 Å². The number of aromatic amines is 2. The van der Waals surface area contributed by atoms with E-state index in [0.29, 0.717) is 54.4 Å². The number of benzene rings is 2.